The third-order valence-corrected chi connectivity index (χ3v) is 11.8. The number of nitrogens with zero attached hydrogens (tertiary/aromatic N) is 1. The number of aliphatic hydroxyl groups excluding tert-OH is 1. The van der Waals surface area contributed by atoms with Gasteiger partial charge in [-0.3, -0.25) is 28.7 Å². The highest BCUT2D eigenvalue weighted by Crippen LogP contribution is 2.38. The molecule has 0 spiro atoms. The van der Waals surface area contributed by atoms with Crippen LogP contribution in [0.4, 0.5) is 0 Å². The lowest BCUT2D eigenvalue weighted by molar-refractivity contribution is -0.135. The molecule has 0 aliphatic heterocycles. The van der Waals surface area contributed by atoms with E-state index < -0.39 is 68.4 Å². The number of ether oxygens (including phenoxy) is 1. The lowest BCUT2D eigenvalue weighted by Gasteiger charge is -2.34. The molecule has 3 aromatic rings. The van der Waals surface area contributed by atoms with Gasteiger partial charge in [0.05, 0.1) is 30.5 Å². The third kappa shape index (κ3) is 15.0. The Balaban J connectivity index is 1.51. The van der Waals surface area contributed by atoms with E-state index in [4.69, 9.17) is 9.26 Å². The summed E-state index contributed by atoms with van der Waals surface area (Å²) in [5, 5.41) is 24.8. The van der Waals surface area contributed by atoms with E-state index in [2.05, 4.69) is 26.3 Å². The summed E-state index contributed by atoms with van der Waals surface area (Å²) in [6.07, 6.45) is 4.60. The van der Waals surface area contributed by atoms with Gasteiger partial charge in [-0.15, -0.1) is 0 Å². The van der Waals surface area contributed by atoms with E-state index in [0.717, 1.165) is 42.9 Å². The Labute approximate surface area is 347 Å². The Morgan fingerprint density at radius 3 is 2.20 bits per heavy atom. The summed E-state index contributed by atoms with van der Waals surface area (Å²) in [5.74, 6) is -3.01. The second-order valence-electron chi connectivity index (χ2n) is 16.0. The second kappa shape index (κ2) is 22.8. The number of nitrogens with one attached hydrogen (secondary N) is 4. The molecular formula is C43H62N5O10P. The smallest absolute Gasteiger partial charge is 0.469 e. The predicted octanol–water partition coefficient (Wildman–Crippen LogP) is 4.92. The Bertz CT molecular complexity index is 1870. The average molecular weight is 840 g/mol. The normalized spacial score (nSPS) is 17.2. The summed E-state index contributed by atoms with van der Waals surface area (Å²) in [7, 11) is -5.11. The van der Waals surface area contributed by atoms with Gasteiger partial charge in [0.2, 0.25) is 17.7 Å². The van der Waals surface area contributed by atoms with Crippen LogP contribution in [0.15, 0.2) is 66.9 Å². The molecule has 1 aliphatic rings. The zero-order valence-electron chi connectivity index (χ0n) is 34.7. The van der Waals surface area contributed by atoms with Crippen LogP contribution in [0.1, 0.15) is 91.7 Å². The standard InChI is InChI=1S/C43H62N5O10P/c1-6-28(4)39(42(52)45-25-32-19-12-13-22-44-32)48-41(51)34(27(2)3)24-36(49)35(23-30-15-8-7-9-16-30)46-43(53)40(29(5)58-59(54,55)56)47-38(50)26-57-37-21-14-18-31-17-10-11-20-33(31)37/h10-14,17-22,27-30,34-36,39-40,49H,6-9,15-16,23-26H2,1-5H3,(H,45,52)(H,46,53)(H,47,50)(H,48,51)(H2,54,55,56)/t28-,29+,34-,35-,36-,39-,40-/m0/s1. The number of carbonyl (C=O) groups excluding carboxylic acids is 4. The first kappa shape index (κ1) is 47.3. The predicted molar refractivity (Wildman–Crippen MR) is 224 cm³/mol. The maximum absolute atomic E-state index is 14.1. The SMILES string of the molecule is CC[C@H](C)[C@H](NC(=O)[C@@H](C[C@H](O)[C@H](CC1CCCCC1)NC(=O)[C@@H](NC(=O)COc1cccc2ccccc12)[C@@H](C)OP(=O)(O)O)C(C)C)C(=O)NCc1ccccn1. The van der Waals surface area contributed by atoms with Crippen LogP contribution < -0.4 is 26.0 Å². The third-order valence-electron chi connectivity index (χ3n) is 11.2. The van der Waals surface area contributed by atoms with Crippen LogP contribution in [0.25, 0.3) is 10.8 Å². The van der Waals surface area contributed by atoms with Gasteiger partial charge >= 0.3 is 7.82 Å². The van der Waals surface area contributed by atoms with E-state index in [9.17, 15) is 38.6 Å². The molecular weight excluding hydrogens is 777 g/mol. The minimum atomic E-state index is -5.11. The molecule has 7 atom stereocenters. The Kier molecular flexibility index (Phi) is 18.3. The molecule has 15 nitrogen and oxygen atoms in total. The van der Waals surface area contributed by atoms with Crippen molar-refractivity contribution in [1.29, 1.82) is 0 Å². The van der Waals surface area contributed by atoms with Gasteiger partial charge in [0.25, 0.3) is 5.91 Å². The highest BCUT2D eigenvalue weighted by molar-refractivity contribution is 7.46. The monoisotopic (exact) mass is 839 g/mol. The summed E-state index contributed by atoms with van der Waals surface area (Å²) in [6.45, 7) is 8.42. The summed E-state index contributed by atoms with van der Waals surface area (Å²) in [6, 6.07) is 14.8. The van der Waals surface area contributed by atoms with Gasteiger partial charge in [0.1, 0.15) is 17.8 Å². The number of benzene rings is 2. The number of fused-ring (bicyclic) bond motifs is 1. The lowest BCUT2D eigenvalue weighted by Crippen LogP contribution is -2.58. The van der Waals surface area contributed by atoms with Crippen LogP contribution in [0.2, 0.25) is 0 Å². The Morgan fingerprint density at radius 2 is 1.54 bits per heavy atom. The average Bonchev–Trinajstić information content (AvgIpc) is 3.21. The minimum Gasteiger partial charge on any atom is -0.483 e. The van der Waals surface area contributed by atoms with Crippen LogP contribution in [-0.2, 0) is 34.8 Å². The van der Waals surface area contributed by atoms with Crippen molar-refractivity contribution in [2.24, 2.45) is 23.7 Å². The zero-order chi connectivity index (χ0) is 43.1. The minimum absolute atomic E-state index is 0.0611. The quantitative estimate of drug-likeness (QED) is 0.0673. The molecule has 16 heteroatoms. The van der Waals surface area contributed by atoms with E-state index >= 15 is 0 Å². The van der Waals surface area contributed by atoms with Crippen LogP contribution in [0.5, 0.6) is 5.75 Å². The molecule has 0 radical (unpaired) electrons. The van der Waals surface area contributed by atoms with Gasteiger partial charge in [-0.05, 0) is 61.1 Å². The van der Waals surface area contributed by atoms with Crippen molar-refractivity contribution in [2.45, 2.75) is 123 Å². The number of amides is 4. The van der Waals surface area contributed by atoms with E-state index in [0.29, 0.717) is 24.3 Å². The maximum Gasteiger partial charge on any atom is 0.469 e. The largest absolute Gasteiger partial charge is 0.483 e. The molecule has 1 heterocycles. The van der Waals surface area contributed by atoms with Gasteiger partial charge in [-0.25, -0.2) is 4.57 Å². The highest BCUT2D eigenvalue weighted by atomic mass is 31.2. The van der Waals surface area contributed by atoms with Crippen LogP contribution >= 0.6 is 7.82 Å². The molecule has 0 unspecified atom stereocenters. The molecule has 1 fully saturated rings. The van der Waals surface area contributed by atoms with Gasteiger partial charge in [-0.1, -0.05) is 109 Å². The molecule has 4 amide bonds. The molecule has 1 aromatic heterocycles. The van der Waals surface area contributed by atoms with Crippen molar-refractivity contribution >= 4 is 42.2 Å². The number of rotatable bonds is 22. The van der Waals surface area contributed by atoms with Crippen molar-refractivity contribution in [3.8, 4) is 5.75 Å². The number of hydrogen-bond acceptors (Lipinski definition) is 9. The van der Waals surface area contributed by atoms with Crippen molar-refractivity contribution in [3.63, 3.8) is 0 Å². The van der Waals surface area contributed by atoms with Crippen molar-refractivity contribution in [1.82, 2.24) is 26.3 Å². The molecule has 59 heavy (non-hydrogen) atoms. The summed E-state index contributed by atoms with van der Waals surface area (Å²) in [5.41, 5.74) is 0.669. The summed E-state index contributed by atoms with van der Waals surface area (Å²) < 4.78 is 22.6. The lowest BCUT2D eigenvalue weighted by atomic mass is 9.81. The molecule has 1 aliphatic carbocycles. The number of carbonyl (C=O) groups is 4. The number of hydrogen-bond donors (Lipinski definition) is 7. The molecule has 0 bridgehead atoms. The van der Waals surface area contributed by atoms with E-state index in [1.807, 2.05) is 64.1 Å². The van der Waals surface area contributed by atoms with Crippen LogP contribution in [0.3, 0.4) is 0 Å². The molecule has 4 rings (SSSR count). The van der Waals surface area contributed by atoms with Gasteiger partial charge in [0, 0.05) is 17.5 Å². The van der Waals surface area contributed by atoms with Crippen LogP contribution in [-0.4, -0.2) is 80.4 Å². The van der Waals surface area contributed by atoms with E-state index in [1.54, 1.807) is 30.5 Å². The number of phosphoric ester groups is 1. The number of pyridine rings is 1. The second-order valence-corrected chi connectivity index (χ2v) is 17.2. The fourth-order valence-electron chi connectivity index (χ4n) is 7.58. The van der Waals surface area contributed by atoms with E-state index in [1.165, 1.54) is 6.92 Å². The van der Waals surface area contributed by atoms with E-state index in [-0.39, 0.29) is 36.6 Å². The molecule has 0 saturated heterocycles. The topological polar surface area (TPSA) is 226 Å². The molecule has 1 saturated carbocycles. The maximum atomic E-state index is 14.1. The fourth-order valence-corrected chi connectivity index (χ4v) is 8.13. The first-order chi connectivity index (χ1) is 28.1. The summed E-state index contributed by atoms with van der Waals surface area (Å²) in [4.78, 5) is 78.4. The number of aromatic nitrogens is 1. The first-order valence-corrected chi connectivity index (χ1v) is 22.2. The molecule has 324 valence electrons. The fraction of sp³-hybridized carbons (Fsp3) is 0.558. The molecule has 2 aromatic carbocycles. The first-order valence-electron chi connectivity index (χ1n) is 20.7. The zero-order valence-corrected chi connectivity index (χ0v) is 35.6. The van der Waals surface area contributed by atoms with Crippen molar-refractivity contribution in [2.75, 3.05) is 6.61 Å². The highest BCUT2D eigenvalue weighted by Gasteiger charge is 2.38. The van der Waals surface area contributed by atoms with Crippen LogP contribution in [0, 0.1) is 23.7 Å². The van der Waals surface area contributed by atoms with Crippen molar-refractivity contribution in [3.05, 3.63) is 72.6 Å². The number of phosphoric acid groups is 1. The number of aliphatic hydroxyl groups is 1. The Morgan fingerprint density at radius 1 is 0.847 bits per heavy atom. The van der Waals surface area contributed by atoms with Crippen molar-refractivity contribution < 1.29 is 47.9 Å². The van der Waals surface area contributed by atoms with Gasteiger partial charge in [-0.2, -0.15) is 0 Å². The molecule has 7 N–H and O–H groups in total. The van der Waals surface area contributed by atoms with Gasteiger partial charge < -0.3 is 40.9 Å². The summed E-state index contributed by atoms with van der Waals surface area (Å²) >= 11 is 0. The van der Waals surface area contributed by atoms with Gasteiger partial charge in [0.15, 0.2) is 6.61 Å². The Hall–Kier alpha value is -4.40.